The maximum absolute atomic E-state index is 10.5. The van der Waals surface area contributed by atoms with E-state index in [1.165, 1.54) is 45.1 Å². The van der Waals surface area contributed by atoms with Gasteiger partial charge in [0, 0.05) is 52.5 Å². The molecule has 2 heterocycles. The summed E-state index contributed by atoms with van der Waals surface area (Å²) in [4.78, 5) is 23.5. The molecule has 0 radical (unpaired) electrons. The van der Waals surface area contributed by atoms with Crippen molar-refractivity contribution in [2.24, 2.45) is 0 Å². The molecule has 0 spiro atoms. The van der Waals surface area contributed by atoms with Gasteiger partial charge in [0.15, 0.2) is 5.71 Å². The number of allylic oxidation sites excluding steroid dienone is 8. The number of benzene rings is 2. The smallest absolute Gasteiger partial charge is 0.293 e. The molecule has 0 amide bonds. The van der Waals surface area contributed by atoms with Gasteiger partial charge >= 0.3 is 0 Å². The van der Waals surface area contributed by atoms with Crippen molar-refractivity contribution in [3.05, 3.63) is 106 Å². The van der Waals surface area contributed by atoms with Crippen molar-refractivity contribution in [1.29, 1.82) is 0 Å². The molecule has 1 aliphatic carbocycles. The lowest BCUT2D eigenvalue weighted by Crippen LogP contribution is -2.28. The second-order valence-corrected chi connectivity index (χ2v) is 14.7. The Morgan fingerprint density at radius 1 is 0.776 bits per heavy atom. The quantitative estimate of drug-likeness (QED) is 0.0944. The highest BCUT2D eigenvalue weighted by atomic mass is 35.5. The Morgan fingerprint density at radius 3 is 2.18 bits per heavy atom. The molecule has 0 aromatic heterocycles. The number of hydrogen-bond donors (Lipinski definition) is 0. The fraction of sp³-hybridized carbons (Fsp3) is 0.452. The molecule has 6 nitrogen and oxygen atoms in total. The lowest BCUT2D eigenvalue weighted by atomic mass is 9.81. The molecule has 2 aromatic rings. The van der Waals surface area contributed by atoms with E-state index in [1.807, 2.05) is 0 Å². The molecule has 0 fully saturated rings. The lowest BCUT2D eigenvalue weighted by molar-refractivity contribution is -0.438. The first-order valence-electron chi connectivity index (χ1n) is 17.9. The monoisotopic (exact) mass is 683 g/mol. The fourth-order valence-electron chi connectivity index (χ4n) is 7.69. The molecule has 7 heteroatoms. The highest BCUT2D eigenvalue weighted by Crippen LogP contribution is 2.48. The summed E-state index contributed by atoms with van der Waals surface area (Å²) in [7, 11) is 0. The van der Waals surface area contributed by atoms with Gasteiger partial charge in [0.25, 0.3) is 12.9 Å². The predicted octanol–water partition coefficient (Wildman–Crippen LogP) is 9.59. The van der Waals surface area contributed by atoms with Crippen LogP contribution in [0.1, 0.15) is 96.6 Å². The maximum atomic E-state index is 10.5. The van der Waals surface area contributed by atoms with Gasteiger partial charge in [0.05, 0.1) is 18.6 Å². The van der Waals surface area contributed by atoms with Gasteiger partial charge in [-0.1, -0.05) is 74.0 Å². The molecule has 0 atom stereocenters. The van der Waals surface area contributed by atoms with Gasteiger partial charge in [-0.3, -0.25) is 9.59 Å². The third kappa shape index (κ3) is 8.12. The van der Waals surface area contributed by atoms with E-state index in [1.54, 1.807) is 0 Å². The van der Waals surface area contributed by atoms with Crippen LogP contribution in [0, 0.1) is 0 Å². The van der Waals surface area contributed by atoms with E-state index in [2.05, 4.69) is 110 Å². The van der Waals surface area contributed by atoms with Crippen molar-refractivity contribution in [3.8, 4) is 0 Å². The zero-order valence-corrected chi connectivity index (χ0v) is 30.4. The van der Waals surface area contributed by atoms with Gasteiger partial charge in [-0.25, -0.2) is 0 Å². The Kier molecular flexibility index (Phi) is 12.4. The number of hydrogen-bond acceptors (Lipinski definition) is 5. The summed E-state index contributed by atoms with van der Waals surface area (Å²) in [5, 5.41) is 0.866. The first kappa shape index (κ1) is 36.4. The van der Waals surface area contributed by atoms with Crippen LogP contribution in [-0.4, -0.2) is 49.5 Å². The largest absolute Gasteiger partial charge is 0.468 e. The molecule has 2 aromatic carbocycles. The molecular weight excluding hydrogens is 632 g/mol. The number of anilines is 1. The van der Waals surface area contributed by atoms with Crippen LogP contribution in [0.4, 0.5) is 11.4 Å². The van der Waals surface area contributed by atoms with Crippen molar-refractivity contribution in [2.75, 3.05) is 31.2 Å². The number of halogens is 1. The van der Waals surface area contributed by atoms with Gasteiger partial charge < -0.3 is 14.4 Å². The third-order valence-corrected chi connectivity index (χ3v) is 10.8. The normalized spacial score (nSPS) is 19.6. The molecule has 0 N–H and O–H groups in total. The summed E-state index contributed by atoms with van der Waals surface area (Å²) < 4.78 is 12.3. The van der Waals surface area contributed by atoms with Gasteiger partial charge in [-0.05, 0) is 94.1 Å². The molecule has 0 saturated heterocycles. The highest BCUT2D eigenvalue weighted by molar-refractivity contribution is 6.32. The van der Waals surface area contributed by atoms with Gasteiger partial charge in [0.2, 0.25) is 5.69 Å². The summed E-state index contributed by atoms with van der Waals surface area (Å²) in [5.41, 5.74) is 9.90. The van der Waals surface area contributed by atoms with E-state index in [4.69, 9.17) is 21.1 Å². The SMILES string of the molecule is CC1(C)C(/C=C/C2=C(Cl)C(=C/C=C3/N(CCCCCOC=O)c4ccccc4C3(C)C)/CCC2)=[N+](CCCCCOC=O)c2ccccc21. The molecule has 49 heavy (non-hydrogen) atoms. The van der Waals surface area contributed by atoms with Crippen molar-refractivity contribution < 1.29 is 23.6 Å². The molecule has 0 unspecified atom stereocenters. The van der Waals surface area contributed by atoms with Crippen LogP contribution in [0.25, 0.3) is 0 Å². The van der Waals surface area contributed by atoms with E-state index in [0.717, 1.165) is 75.9 Å². The first-order valence-corrected chi connectivity index (χ1v) is 18.3. The molecule has 0 saturated carbocycles. The van der Waals surface area contributed by atoms with Crippen LogP contribution >= 0.6 is 11.6 Å². The van der Waals surface area contributed by atoms with Crippen LogP contribution in [0.15, 0.2) is 94.7 Å². The number of fused-ring (bicyclic) bond motifs is 2. The van der Waals surface area contributed by atoms with Crippen LogP contribution in [0.5, 0.6) is 0 Å². The molecule has 3 aliphatic rings. The van der Waals surface area contributed by atoms with Crippen LogP contribution in [0.2, 0.25) is 0 Å². The van der Waals surface area contributed by atoms with Crippen LogP contribution in [-0.2, 0) is 29.9 Å². The summed E-state index contributed by atoms with van der Waals surface area (Å²) in [6.07, 6.45) is 17.9. The second-order valence-electron chi connectivity index (χ2n) is 14.3. The predicted molar refractivity (Wildman–Crippen MR) is 200 cm³/mol. The Labute approximate surface area is 297 Å². The summed E-state index contributed by atoms with van der Waals surface area (Å²) in [5.74, 6) is 0. The molecular formula is C42H52ClN2O4+. The average Bonchev–Trinajstić information content (AvgIpc) is 3.45. The van der Waals surface area contributed by atoms with Gasteiger partial charge in [-0.2, -0.15) is 4.58 Å². The minimum atomic E-state index is -0.132. The number of nitrogens with zero attached hydrogens (tertiary/aromatic N) is 2. The van der Waals surface area contributed by atoms with Crippen molar-refractivity contribution in [2.45, 2.75) is 96.3 Å². The minimum absolute atomic E-state index is 0.132. The number of rotatable bonds is 17. The van der Waals surface area contributed by atoms with Crippen molar-refractivity contribution in [3.63, 3.8) is 0 Å². The summed E-state index contributed by atoms with van der Waals surface area (Å²) in [6.45, 7) is 13.1. The Balaban J connectivity index is 1.39. The summed E-state index contributed by atoms with van der Waals surface area (Å²) in [6, 6.07) is 17.4. The molecule has 260 valence electrons. The zero-order valence-electron chi connectivity index (χ0n) is 29.7. The highest BCUT2D eigenvalue weighted by Gasteiger charge is 2.44. The van der Waals surface area contributed by atoms with E-state index in [9.17, 15) is 9.59 Å². The molecule has 5 rings (SSSR count). The van der Waals surface area contributed by atoms with Crippen molar-refractivity contribution >= 4 is 41.6 Å². The number of ether oxygens (including phenoxy) is 2. The van der Waals surface area contributed by atoms with Crippen LogP contribution in [0.3, 0.4) is 0 Å². The Morgan fingerprint density at radius 2 is 1.45 bits per heavy atom. The number of unbranched alkanes of at least 4 members (excludes halogenated alkanes) is 4. The molecule has 0 bridgehead atoms. The topological polar surface area (TPSA) is 58.9 Å². The average molecular weight is 684 g/mol. The fourth-order valence-corrected chi connectivity index (χ4v) is 8.01. The second kappa shape index (κ2) is 16.7. The van der Waals surface area contributed by atoms with E-state index in [-0.39, 0.29) is 10.8 Å². The Bertz CT molecular complexity index is 1660. The lowest BCUT2D eigenvalue weighted by Gasteiger charge is -2.27. The maximum Gasteiger partial charge on any atom is 0.293 e. The number of carbonyl (C=O) groups excluding carboxylic acids is 2. The van der Waals surface area contributed by atoms with Gasteiger partial charge in [-0.15, -0.1) is 0 Å². The van der Waals surface area contributed by atoms with Crippen LogP contribution < -0.4 is 4.90 Å². The van der Waals surface area contributed by atoms with Gasteiger partial charge in [0.1, 0.15) is 6.54 Å². The van der Waals surface area contributed by atoms with Crippen molar-refractivity contribution in [1.82, 2.24) is 0 Å². The third-order valence-electron chi connectivity index (χ3n) is 10.4. The minimum Gasteiger partial charge on any atom is -0.468 e. The number of carbonyl (C=O) groups is 2. The zero-order chi connectivity index (χ0) is 34.9. The number of para-hydroxylation sites is 2. The molecule has 2 aliphatic heterocycles. The van der Waals surface area contributed by atoms with E-state index in [0.29, 0.717) is 26.2 Å². The first-order chi connectivity index (χ1) is 23.7. The standard InChI is InChI=1S/C42H52ClN2O4/c1-41(2)34-18-7-9-20-36(34)44(26-11-5-13-28-48-30-46)38(41)24-22-32-16-15-17-33(40(32)43)23-25-39-42(3,4)35-19-8-10-21-37(35)45(39)27-12-6-14-29-49-31-47/h7-10,18-25,30-31H,5-6,11-17,26-29H2,1-4H3/q+1. The van der Waals surface area contributed by atoms with E-state index < -0.39 is 0 Å². The summed E-state index contributed by atoms with van der Waals surface area (Å²) >= 11 is 7.22. The van der Waals surface area contributed by atoms with E-state index >= 15 is 0 Å². The Hall–Kier alpha value is -3.90.